The van der Waals surface area contributed by atoms with Crippen LogP contribution in [0.1, 0.15) is 145 Å². The molecule has 0 atom stereocenters. The molecule has 6 aromatic rings. The molecular formula is C54H67N3O2. The summed E-state index contributed by atoms with van der Waals surface area (Å²) in [5.74, 6) is 0.0691. The van der Waals surface area contributed by atoms with Gasteiger partial charge in [-0.1, -0.05) is 145 Å². The van der Waals surface area contributed by atoms with E-state index in [-0.39, 0.29) is 39.1 Å². The molecule has 59 heavy (non-hydrogen) atoms. The van der Waals surface area contributed by atoms with Gasteiger partial charge in [0.25, 0.3) is 5.56 Å². The van der Waals surface area contributed by atoms with Crippen molar-refractivity contribution in [3.05, 3.63) is 128 Å². The van der Waals surface area contributed by atoms with Crippen molar-refractivity contribution in [2.45, 2.75) is 145 Å². The highest BCUT2D eigenvalue weighted by Crippen LogP contribution is 2.43. The van der Waals surface area contributed by atoms with Gasteiger partial charge in [-0.15, -0.1) is 0 Å². The van der Waals surface area contributed by atoms with E-state index >= 15 is 0 Å². The first kappa shape index (κ1) is 42.2. The van der Waals surface area contributed by atoms with E-state index in [4.69, 9.17) is 4.99 Å². The molecule has 0 spiro atoms. The Bertz CT molecular complexity index is 2630. The zero-order valence-electron chi connectivity index (χ0n) is 37.9. The number of aromatic hydroxyl groups is 1. The molecule has 1 N–H and O–H groups in total. The highest BCUT2D eigenvalue weighted by molar-refractivity contribution is 6.13. The lowest BCUT2D eigenvalue weighted by molar-refractivity contribution is 0.283. The molecule has 0 saturated heterocycles. The predicted octanol–water partition coefficient (Wildman–Crippen LogP) is 14.6. The molecule has 1 saturated carbocycles. The maximum Gasteiger partial charge on any atom is 0.261 e. The molecule has 1 aromatic heterocycles. The zero-order chi connectivity index (χ0) is 42.7. The molecule has 5 nitrogen and oxygen atoms in total. The number of nitrogens with zero attached hydrogens (tertiary/aromatic N) is 3. The third kappa shape index (κ3) is 8.19. The van der Waals surface area contributed by atoms with Crippen molar-refractivity contribution in [1.82, 2.24) is 4.57 Å². The van der Waals surface area contributed by atoms with Crippen molar-refractivity contribution in [3.63, 3.8) is 0 Å². The Labute approximate surface area is 352 Å². The zero-order valence-corrected chi connectivity index (χ0v) is 37.9. The van der Waals surface area contributed by atoms with E-state index in [1.807, 2.05) is 32.0 Å². The first-order valence-corrected chi connectivity index (χ1v) is 22.2. The summed E-state index contributed by atoms with van der Waals surface area (Å²) in [5, 5.41) is 17.9. The van der Waals surface area contributed by atoms with Gasteiger partial charge in [0.05, 0.1) is 11.0 Å². The topological polar surface area (TPSA) is 57.8 Å². The molecular weight excluding hydrogens is 723 g/mol. The minimum absolute atomic E-state index is 0.0165. The molecule has 0 amide bonds. The second-order valence-electron chi connectivity index (χ2n) is 20.8. The first-order valence-electron chi connectivity index (χ1n) is 22.2. The number of aromatic nitrogens is 1. The van der Waals surface area contributed by atoms with Crippen LogP contribution in [0.4, 0.5) is 22.7 Å². The van der Waals surface area contributed by atoms with Crippen LogP contribution in [-0.4, -0.2) is 9.67 Å². The Hall–Kier alpha value is -4.90. The predicted molar refractivity (Wildman–Crippen MR) is 250 cm³/mol. The van der Waals surface area contributed by atoms with Crippen molar-refractivity contribution >= 4 is 44.3 Å². The van der Waals surface area contributed by atoms with Crippen molar-refractivity contribution < 1.29 is 5.11 Å². The lowest BCUT2D eigenvalue weighted by Gasteiger charge is -2.34. The van der Waals surface area contributed by atoms with Gasteiger partial charge in [-0.3, -0.25) is 9.36 Å². The number of anilines is 3. The number of pyridine rings is 1. The van der Waals surface area contributed by atoms with E-state index in [9.17, 15) is 9.90 Å². The van der Waals surface area contributed by atoms with E-state index in [1.165, 1.54) is 17.5 Å². The van der Waals surface area contributed by atoms with Gasteiger partial charge in [-0.05, 0) is 112 Å². The number of rotatable bonds is 8. The van der Waals surface area contributed by atoms with E-state index in [1.54, 1.807) is 4.57 Å². The largest absolute Gasteiger partial charge is 0.494 e. The highest BCUT2D eigenvalue weighted by Gasteiger charge is 2.30. The summed E-state index contributed by atoms with van der Waals surface area (Å²) in [6.07, 6.45) is 7.32. The monoisotopic (exact) mass is 790 g/mol. The standard InChI is InChI=1S/C52H61N3O2.C2H6/c1-49(2,3)31-51(7,8)33-19-23-36(24-20-33)54(37-25-21-34(22-26-37)52(9,10)32-50(4,5)6)38-27-28-39-43(29-38)53-44-30-42-45-40(46(39)44)17-14-18-41(45)47(56)55(48(42)57)35-15-12-11-13-16-35;1-2/h14,17-30,35,57H,11-13,15-16,31-32H2,1-10H3;1-2H3. The van der Waals surface area contributed by atoms with Crippen LogP contribution in [0.15, 0.2) is 101 Å². The third-order valence-electron chi connectivity index (χ3n) is 12.5. The molecule has 2 heterocycles. The minimum Gasteiger partial charge on any atom is -0.494 e. The molecule has 0 radical (unpaired) electrons. The third-order valence-corrected chi connectivity index (χ3v) is 12.5. The average Bonchev–Trinajstić information content (AvgIpc) is 3.55. The quantitative estimate of drug-likeness (QED) is 0.167. The Morgan fingerprint density at radius 2 is 1.15 bits per heavy atom. The van der Waals surface area contributed by atoms with E-state index in [0.29, 0.717) is 10.8 Å². The van der Waals surface area contributed by atoms with Gasteiger partial charge in [0.15, 0.2) is 0 Å². The molecule has 5 aromatic carbocycles. The van der Waals surface area contributed by atoms with Gasteiger partial charge >= 0.3 is 0 Å². The maximum absolute atomic E-state index is 14.0. The van der Waals surface area contributed by atoms with Gasteiger partial charge in [-0.25, -0.2) is 4.99 Å². The summed E-state index contributed by atoms with van der Waals surface area (Å²) in [7, 11) is 0. The minimum atomic E-state index is -0.0979. The first-order chi connectivity index (χ1) is 27.8. The van der Waals surface area contributed by atoms with Crippen molar-refractivity contribution in [3.8, 4) is 5.88 Å². The summed E-state index contributed by atoms with van der Waals surface area (Å²) in [6, 6.07) is 32.8. The lowest BCUT2D eigenvalue weighted by atomic mass is 9.72. The van der Waals surface area contributed by atoms with Crippen LogP contribution in [0, 0.1) is 21.3 Å². The van der Waals surface area contributed by atoms with Gasteiger partial charge in [-0.2, -0.15) is 0 Å². The van der Waals surface area contributed by atoms with Crippen LogP contribution in [0.3, 0.4) is 0 Å². The van der Waals surface area contributed by atoms with E-state index in [2.05, 4.69) is 147 Å². The molecule has 310 valence electrons. The van der Waals surface area contributed by atoms with Crippen molar-refractivity contribution in [2.75, 3.05) is 4.90 Å². The maximum atomic E-state index is 14.0. The van der Waals surface area contributed by atoms with Crippen LogP contribution in [0.25, 0.3) is 21.5 Å². The molecule has 1 aliphatic carbocycles. The number of fused-ring (bicyclic) bond motifs is 3. The fourth-order valence-electron chi connectivity index (χ4n) is 10.7. The SMILES string of the molecule is CC.CC(C)(C)CC(C)(C)c1ccc(N(c2ccc(C(C)(C)CC(C)(C)C)cc2)c2ccc3c(c2)=Nc2cc4c(O)n(C5CCCCC5)c(=O)c5cccc(c2=3)c45)cc1. The van der Waals surface area contributed by atoms with Crippen LogP contribution in [0.2, 0.25) is 0 Å². The molecule has 5 heteroatoms. The second kappa shape index (κ2) is 15.6. The Balaban J connectivity index is 0.00000260. The van der Waals surface area contributed by atoms with Gasteiger partial charge in [0.2, 0.25) is 5.88 Å². The van der Waals surface area contributed by atoms with Gasteiger partial charge < -0.3 is 10.0 Å². The van der Waals surface area contributed by atoms with E-state index < -0.39 is 0 Å². The van der Waals surface area contributed by atoms with Crippen LogP contribution in [0.5, 0.6) is 5.88 Å². The number of hydrogen-bond acceptors (Lipinski definition) is 4. The average molecular weight is 790 g/mol. The smallest absolute Gasteiger partial charge is 0.261 e. The molecule has 1 fully saturated rings. The Morgan fingerprint density at radius 3 is 1.68 bits per heavy atom. The summed E-state index contributed by atoms with van der Waals surface area (Å²) in [4.78, 5) is 21.6. The highest BCUT2D eigenvalue weighted by atomic mass is 16.3. The van der Waals surface area contributed by atoms with Crippen molar-refractivity contribution in [2.24, 2.45) is 15.8 Å². The number of hydrogen-bond donors (Lipinski definition) is 1. The van der Waals surface area contributed by atoms with Crippen molar-refractivity contribution in [1.29, 1.82) is 0 Å². The van der Waals surface area contributed by atoms with Gasteiger partial charge in [0, 0.05) is 49.7 Å². The molecule has 8 rings (SSSR count). The Kier molecular flexibility index (Phi) is 11.2. The summed E-state index contributed by atoms with van der Waals surface area (Å²) in [5.41, 5.74) is 7.10. The fraction of sp³-hybridized carbons (Fsp3) is 0.444. The van der Waals surface area contributed by atoms with Crippen LogP contribution < -0.4 is 15.8 Å². The van der Waals surface area contributed by atoms with Crippen LogP contribution >= 0.6 is 0 Å². The molecule has 1 aliphatic heterocycles. The second-order valence-corrected chi connectivity index (χ2v) is 20.8. The van der Waals surface area contributed by atoms with E-state index in [0.717, 1.165) is 87.8 Å². The summed E-state index contributed by atoms with van der Waals surface area (Å²) < 4.78 is 1.67. The molecule has 2 aliphatic rings. The van der Waals surface area contributed by atoms with Crippen LogP contribution in [-0.2, 0) is 10.8 Å². The van der Waals surface area contributed by atoms with Gasteiger partial charge in [0.1, 0.15) is 0 Å². The number of benzene rings is 5. The summed E-state index contributed by atoms with van der Waals surface area (Å²) in [6.45, 7) is 27.3. The summed E-state index contributed by atoms with van der Waals surface area (Å²) >= 11 is 0. The normalized spacial score (nSPS) is 14.8. The molecule has 0 unspecified atom stereocenters. The lowest BCUT2D eigenvalue weighted by Crippen LogP contribution is -2.26. The fourth-order valence-corrected chi connectivity index (χ4v) is 10.7. The Morgan fingerprint density at radius 1 is 0.644 bits per heavy atom. The molecule has 0 bridgehead atoms.